The molecule has 0 spiro atoms. The van der Waals surface area contributed by atoms with Gasteiger partial charge in [-0.3, -0.25) is 4.79 Å². The number of anilines is 2. The summed E-state index contributed by atoms with van der Waals surface area (Å²) >= 11 is 2.73. The first kappa shape index (κ1) is 18.8. The van der Waals surface area contributed by atoms with E-state index >= 15 is 0 Å². The number of halogens is 1. The number of ether oxygens (including phenoxy) is 1. The van der Waals surface area contributed by atoms with Gasteiger partial charge in [-0.25, -0.2) is 14.2 Å². The summed E-state index contributed by atoms with van der Waals surface area (Å²) < 4.78 is 19.9. The second kappa shape index (κ2) is 7.48. The average Bonchev–Trinajstić information content (AvgIpc) is 3.22. The third-order valence-corrected chi connectivity index (χ3v) is 6.64. The fourth-order valence-corrected chi connectivity index (χ4v) is 5.44. The summed E-state index contributed by atoms with van der Waals surface area (Å²) in [5.41, 5.74) is 1.71. The van der Waals surface area contributed by atoms with Crippen molar-refractivity contribution in [3.63, 3.8) is 0 Å². The molecule has 0 saturated heterocycles. The van der Waals surface area contributed by atoms with E-state index in [0.29, 0.717) is 40.7 Å². The molecule has 1 N–H and O–H groups in total. The van der Waals surface area contributed by atoms with E-state index < -0.39 is 5.97 Å². The van der Waals surface area contributed by atoms with Gasteiger partial charge in [-0.05, 0) is 31.0 Å². The Morgan fingerprint density at radius 3 is 2.89 bits per heavy atom. The number of aromatic nitrogens is 1. The first-order valence-electron chi connectivity index (χ1n) is 8.87. The number of carbonyl (C=O) groups is 2. The minimum Gasteiger partial charge on any atom is -0.462 e. The lowest BCUT2D eigenvalue weighted by Crippen LogP contribution is -2.33. The quantitative estimate of drug-likeness (QED) is 0.638. The van der Waals surface area contributed by atoms with E-state index in [9.17, 15) is 14.0 Å². The molecule has 28 heavy (non-hydrogen) atoms. The van der Waals surface area contributed by atoms with Crippen molar-refractivity contribution in [2.45, 2.75) is 26.8 Å². The van der Waals surface area contributed by atoms with Gasteiger partial charge in [-0.15, -0.1) is 11.3 Å². The van der Waals surface area contributed by atoms with Gasteiger partial charge in [0.15, 0.2) is 5.13 Å². The standard InChI is InChI=1S/C19H18FN3O3S2/c1-3-26-18(25)15-11-7-8-23(10(2)24)9-14(11)27-17(15)22-19-21-16-12(20)5-4-6-13(16)28-19/h4-6H,3,7-9H2,1-2H3,(H,21,22). The fourth-order valence-electron chi connectivity index (χ4n) is 3.25. The molecule has 0 bridgehead atoms. The largest absolute Gasteiger partial charge is 0.462 e. The molecule has 3 aromatic rings. The summed E-state index contributed by atoms with van der Waals surface area (Å²) in [6.07, 6.45) is 0.593. The van der Waals surface area contributed by atoms with Gasteiger partial charge >= 0.3 is 5.97 Å². The molecule has 6 nitrogen and oxygen atoms in total. The summed E-state index contributed by atoms with van der Waals surface area (Å²) in [6.45, 7) is 4.61. The SMILES string of the molecule is CCOC(=O)c1c(Nc2nc3c(F)cccc3s2)sc2c1CCN(C(C)=O)C2. The molecule has 0 radical (unpaired) electrons. The minimum atomic E-state index is -0.397. The Labute approximate surface area is 168 Å². The highest BCUT2D eigenvalue weighted by molar-refractivity contribution is 7.23. The van der Waals surface area contributed by atoms with E-state index in [1.807, 2.05) is 0 Å². The number of thiazole rings is 1. The molecule has 1 aromatic carbocycles. The Balaban J connectivity index is 1.73. The molecular weight excluding hydrogens is 401 g/mol. The van der Waals surface area contributed by atoms with Crippen LogP contribution < -0.4 is 5.32 Å². The molecule has 1 aliphatic rings. The zero-order valence-electron chi connectivity index (χ0n) is 15.4. The number of carbonyl (C=O) groups excluding carboxylic acids is 2. The van der Waals surface area contributed by atoms with Crippen LogP contribution in [0.25, 0.3) is 10.2 Å². The lowest BCUT2D eigenvalue weighted by molar-refractivity contribution is -0.129. The number of benzene rings is 1. The third-order valence-electron chi connectivity index (χ3n) is 4.57. The summed E-state index contributed by atoms with van der Waals surface area (Å²) in [6, 6.07) is 4.82. The Morgan fingerprint density at radius 2 is 2.18 bits per heavy atom. The predicted molar refractivity (Wildman–Crippen MR) is 108 cm³/mol. The van der Waals surface area contributed by atoms with Gasteiger partial charge in [0.25, 0.3) is 0 Å². The van der Waals surface area contributed by atoms with Crippen molar-refractivity contribution in [2.24, 2.45) is 0 Å². The van der Waals surface area contributed by atoms with Crippen molar-refractivity contribution in [1.29, 1.82) is 0 Å². The van der Waals surface area contributed by atoms with Gasteiger partial charge < -0.3 is 15.0 Å². The summed E-state index contributed by atoms with van der Waals surface area (Å²) in [7, 11) is 0. The Bertz CT molecular complexity index is 1080. The maximum absolute atomic E-state index is 14.0. The van der Waals surface area contributed by atoms with Gasteiger partial charge in [0.05, 0.1) is 23.4 Å². The van der Waals surface area contributed by atoms with Crippen LogP contribution in [-0.4, -0.2) is 34.9 Å². The van der Waals surface area contributed by atoms with Gasteiger partial charge in [0, 0.05) is 18.3 Å². The monoisotopic (exact) mass is 419 g/mol. The van der Waals surface area contributed by atoms with Crippen LogP contribution in [0.5, 0.6) is 0 Å². The molecule has 9 heteroatoms. The molecule has 0 aliphatic carbocycles. The molecule has 1 amide bonds. The van der Waals surface area contributed by atoms with Crippen LogP contribution in [0, 0.1) is 5.82 Å². The molecule has 0 saturated carbocycles. The first-order chi connectivity index (χ1) is 13.5. The van der Waals surface area contributed by atoms with E-state index in [0.717, 1.165) is 15.1 Å². The normalized spacial score (nSPS) is 13.5. The molecule has 3 heterocycles. The van der Waals surface area contributed by atoms with Crippen LogP contribution in [-0.2, 0) is 22.5 Å². The summed E-state index contributed by atoms with van der Waals surface area (Å²) in [5.74, 6) is -0.769. The smallest absolute Gasteiger partial charge is 0.341 e. The Kier molecular flexibility index (Phi) is 5.03. The zero-order chi connectivity index (χ0) is 19.8. The maximum atomic E-state index is 14.0. The van der Waals surface area contributed by atoms with Crippen molar-refractivity contribution in [3.8, 4) is 0 Å². The van der Waals surface area contributed by atoms with Crippen molar-refractivity contribution in [3.05, 3.63) is 40.0 Å². The number of nitrogens with one attached hydrogen (secondary N) is 1. The topological polar surface area (TPSA) is 71.5 Å². The highest BCUT2D eigenvalue weighted by Gasteiger charge is 2.30. The van der Waals surface area contributed by atoms with Crippen LogP contribution in [0.2, 0.25) is 0 Å². The fraction of sp³-hybridized carbons (Fsp3) is 0.316. The molecule has 2 aromatic heterocycles. The van der Waals surface area contributed by atoms with Crippen molar-refractivity contribution >= 4 is 54.9 Å². The molecule has 0 fully saturated rings. The highest BCUT2D eigenvalue weighted by atomic mass is 32.1. The lowest BCUT2D eigenvalue weighted by atomic mass is 10.0. The number of para-hydroxylation sites is 1. The van der Waals surface area contributed by atoms with E-state index in [-0.39, 0.29) is 18.3 Å². The number of amides is 1. The Morgan fingerprint density at radius 1 is 1.36 bits per heavy atom. The molecule has 146 valence electrons. The Hall–Kier alpha value is -2.52. The van der Waals surface area contributed by atoms with Crippen molar-refractivity contribution in [1.82, 2.24) is 9.88 Å². The van der Waals surface area contributed by atoms with Gasteiger partial charge in [0.2, 0.25) is 5.91 Å². The van der Waals surface area contributed by atoms with Crippen LogP contribution >= 0.6 is 22.7 Å². The van der Waals surface area contributed by atoms with Crippen LogP contribution in [0.3, 0.4) is 0 Å². The summed E-state index contributed by atoms with van der Waals surface area (Å²) in [4.78, 5) is 31.4. The van der Waals surface area contributed by atoms with Crippen LogP contribution in [0.4, 0.5) is 14.5 Å². The number of hydrogen-bond acceptors (Lipinski definition) is 7. The minimum absolute atomic E-state index is 0.00731. The molecule has 1 aliphatic heterocycles. The van der Waals surface area contributed by atoms with Gasteiger partial charge in [-0.2, -0.15) is 0 Å². The van der Waals surface area contributed by atoms with Gasteiger partial charge in [-0.1, -0.05) is 17.4 Å². The summed E-state index contributed by atoms with van der Waals surface area (Å²) in [5, 5.41) is 4.31. The number of hydrogen-bond donors (Lipinski definition) is 1. The van der Waals surface area contributed by atoms with E-state index in [1.165, 1.54) is 28.7 Å². The number of thiophene rings is 1. The van der Waals surface area contributed by atoms with Crippen molar-refractivity contribution < 1.29 is 18.7 Å². The zero-order valence-corrected chi connectivity index (χ0v) is 17.0. The van der Waals surface area contributed by atoms with Crippen molar-refractivity contribution in [2.75, 3.05) is 18.5 Å². The first-order valence-corrected chi connectivity index (χ1v) is 10.5. The second-order valence-corrected chi connectivity index (χ2v) is 8.49. The number of nitrogens with zero attached hydrogens (tertiary/aromatic N) is 2. The van der Waals surface area contributed by atoms with Gasteiger partial charge in [0.1, 0.15) is 16.3 Å². The number of rotatable bonds is 4. The molecule has 0 atom stereocenters. The number of fused-ring (bicyclic) bond motifs is 2. The lowest BCUT2D eigenvalue weighted by Gasteiger charge is -2.25. The predicted octanol–water partition coefficient (Wildman–Crippen LogP) is 4.32. The highest BCUT2D eigenvalue weighted by Crippen LogP contribution is 2.40. The van der Waals surface area contributed by atoms with E-state index in [1.54, 1.807) is 30.9 Å². The van der Waals surface area contributed by atoms with E-state index in [4.69, 9.17) is 4.74 Å². The number of esters is 1. The average molecular weight is 420 g/mol. The molecule has 4 rings (SSSR count). The molecule has 0 unspecified atom stereocenters. The van der Waals surface area contributed by atoms with Crippen LogP contribution in [0.15, 0.2) is 18.2 Å². The van der Waals surface area contributed by atoms with Crippen LogP contribution in [0.1, 0.15) is 34.6 Å². The third kappa shape index (κ3) is 3.35. The molecular formula is C19H18FN3O3S2. The maximum Gasteiger partial charge on any atom is 0.341 e. The van der Waals surface area contributed by atoms with E-state index in [2.05, 4.69) is 10.3 Å². The second-order valence-electron chi connectivity index (χ2n) is 6.35.